The fourth-order valence-electron chi connectivity index (χ4n) is 1.47. The Morgan fingerprint density at radius 3 is 2.76 bits per heavy atom. The van der Waals surface area contributed by atoms with Gasteiger partial charge in [0, 0.05) is 31.8 Å². The van der Waals surface area contributed by atoms with Crippen molar-refractivity contribution in [3.8, 4) is 0 Å². The first-order chi connectivity index (χ1) is 8.00. The maximum Gasteiger partial charge on any atom is 0.303 e. The third kappa shape index (κ3) is 4.38. The molecule has 0 aromatic carbocycles. The van der Waals surface area contributed by atoms with Crippen molar-refractivity contribution in [1.82, 2.24) is 9.97 Å². The number of anilines is 1. The molecule has 5 nitrogen and oxygen atoms in total. The zero-order valence-electron chi connectivity index (χ0n) is 10.6. The predicted molar refractivity (Wildman–Crippen MR) is 66.3 cm³/mol. The van der Waals surface area contributed by atoms with Gasteiger partial charge in [-0.15, -0.1) is 0 Å². The van der Waals surface area contributed by atoms with Crippen LogP contribution in [0.25, 0.3) is 0 Å². The molecule has 1 rings (SSSR count). The number of rotatable bonds is 6. The lowest BCUT2D eigenvalue weighted by Crippen LogP contribution is -2.20. The van der Waals surface area contributed by atoms with Crippen molar-refractivity contribution in [2.45, 2.75) is 32.6 Å². The summed E-state index contributed by atoms with van der Waals surface area (Å²) in [6.45, 7) is 4.84. The Bertz CT molecular complexity index is 380. The van der Waals surface area contributed by atoms with Gasteiger partial charge in [-0.25, -0.2) is 9.97 Å². The number of aromatic nitrogens is 2. The Balaban J connectivity index is 2.59. The molecule has 1 aromatic heterocycles. The van der Waals surface area contributed by atoms with Crippen LogP contribution in [0.2, 0.25) is 0 Å². The monoisotopic (exact) mass is 237 g/mol. The van der Waals surface area contributed by atoms with Gasteiger partial charge < -0.3 is 10.0 Å². The Labute approximate surface area is 102 Å². The molecule has 0 unspecified atom stereocenters. The maximum atomic E-state index is 10.4. The van der Waals surface area contributed by atoms with Gasteiger partial charge >= 0.3 is 5.97 Å². The summed E-state index contributed by atoms with van der Waals surface area (Å²) < 4.78 is 0. The largest absolute Gasteiger partial charge is 0.481 e. The van der Waals surface area contributed by atoms with E-state index in [1.807, 2.05) is 18.0 Å². The van der Waals surface area contributed by atoms with E-state index in [-0.39, 0.29) is 6.42 Å². The highest BCUT2D eigenvalue weighted by Crippen LogP contribution is 2.16. The van der Waals surface area contributed by atoms with E-state index in [2.05, 4.69) is 23.8 Å². The summed E-state index contributed by atoms with van der Waals surface area (Å²) >= 11 is 0. The van der Waals surface area contributed by atoms with Crippen molar-refractivity contribution in [2.75, 3.05) is 18.5 Å². The molecular weight excluding hydrogens is 218 g/mol. The first-order valence-electron chi connectivity index (χ1n) is 5.75. The van der Waals surface area contributed by atoms with E-state index >= 15 is 0 Å². The van der Waals surface area contributed by atoms with E-state index in [1.54, 1.807) is 6.33 Å². The van der Waals surface area contributed by atoms with Crippen LogP contribution in [-0.2, 0) is 4.79 Å². The smallest absolute Gasteiger partial charge is 0.303 e. The van der Waals surface area contributed by atoms with Crippen LogP contribution in [0.5, 0.6) is 0 Å². The Morgan fingerprint density at radius 1 is 1.47 bits per heavy atom. The molecular formula is C12H19N3O2. The molecule has 1 N–H and O–H groups in total. The molecule has 1 aromatic rings. The molecule has 0 atom stereocenters. The molecule has 0 aliphatic heterocycles. The van der Waals surface area contributed by atoms with Crippen LogP contribution in [0.3, 0.4) is 0 Å². The molecule has 0 aliphatic carbocycles. The molecule has 17 heavy (non-hydrogen) atoms. The Hall–Kier alpha value is -1.65. The molecule has 0 spiro atoms. The molecule has 0 saturated heterocycles. The van der Waals surface area contributed by atoms with Gasteiger partial charge in [-0.05, 0) is 12.3 Å². The molecule has 1 heterocycles. The summed E-state index contributed by atoms with van der Waals surface area (Å²) in [4.78, 5) is 20.8. The Morgan fingerprint density at radius 2 is 2.18 bits per heavy atom. The average Bonchev–Trinajstić information content (AvgIpc) is 2.28. The van der Waals surface area contributed by atoms with E-state index in [4.69, 9.17) is 5.11 Å². The van der Waals surface area contributed by atoms with E-state index < -0.39 is 5.97 Å². The van der Waals surface area contributed by atoms with E-state index in [1.165, 1.54) is 0 Å². The molecule has 0 amide bonds. The lowest BCUT2D eigenvalue weighted by molar-refractivity contribution is -0.137. The number of carboxylic acids is 1. The first-order valence-corrected chi connectivity index (χ1v) is 5.75. The standard InChI is InChI=1S/C12H19N3O2/c1-9(2)10-7-11(14-8-13-10)15(3)6-4-5-12(16)17/h7-9H,4-6H2,1-3H3,(H,16,17). The first kappa shape index (κ1) is 13.4. The zero-order chi connectivity index (χ0) is 12.8. The lowest BCUT2D eigenvalue weighted by atomic mass is 10.1. The van der Waals surface area contributed by atoms with Crippen molar-refractivity contribution in [2.24, 2.45) is 0 Å². The highest BCUT2D eigenvalue weighted by Gasteiger charge is 2.07. The Kier molecular flexibility index (Phi) is 4.87. The van der Waals surface area contributed by atoms with Crippen molar-refractivity contribution in [3.05, 3.63) is 18.1 Å². The van der Waals surface area contributed by atoms with E-state index in [0.29, 0.717) is 18.9 Å². The third-order valence-electron chi connectivity index (χ3n) is 2.54. The lowest BCUT2D eigenvalue weighted by Gasteiger charge is -2.18. The summed E-state index contributed by atoms with van der Waals surface area (Å²) in [5.41, 5.74) is 1.00. The average molecular weight is 237 g/mol. The van der Waals surface area contributed by atoms with Gasteiger partial charge in [0.2, 0.25) is 0 Å². The van der Waals surface area contributed by atoms with Gasteiger partial charge in [0.1, 0.15) is 12.1 Å². The quantitative estimate of drug-likeness (QED) is 0.818. The molecule has 0 bridgehead atoms. The SMILES string of the molecule is CC(C)c1cc(N(C)CCCC(=O)O)ncn1. The van der Waals surface area contributed by atoms with Gasteiger partial charge in [-0.2, -0.15) is 0 Å². The molecule has 0 radical (unpaired) electrons. The molecule has 5 heteroatoms. The summed E-state index contributed by atoms with van der Waals surface area (Å²) in [6, 6.07) is 1.95. The molecule has 0 aliphatic rings. The van der Waals surface area contributed by atoms with E-state index in [9.17, 15) is 4.79 Å². The minimum Gasteiger partial charge on any atom is -0.481 e. The van der Waals surface area contributed by atoms with Crippen molar-refractivity contribution in [3.63, 3.8) is 0 Å². The van der Waals surface area contributed by atoms with Gasteiger partial charge in [0.15, 0.2) is 0 Å². The number of hydrogen-bond donors (Lipinski definition) is 1. The number of carbonyl (C=O) groups is 1. The highest BCUT2D eigenvalue weighted by molar-refractivity contribution is 5.66. The van der Waals surface area contributed by atoms with Crippen LogP contribution in [0.15, 0.2) is 12.4 Å². The normalized spacial score (nSPS) is 10.6. The van der Waals surface area contributed by atoms with Crippen molar-refractivity contribution < 1.29 is 9.90 Å². The van der Waals surface area contributed by atoms with Gasteiger partial charge in [0.25, 0.3) is 0 Å². The van der Waals surface area contributed by atoms with Crippen molar-refractivity contribution in [1.29, 1.82) is 0 Å². The maximum absolute atomic E-state index is 10.4. The van der Waals surface area contributed by atoms with Crippen molar-refractivity contribution >= 4 is 11.8 Å². The zero-order valence-corrected chi connectivity index (χ0v) is 10.6. The van der Waals surface area contributed by atoms with Crippen LogP contribution in [0, 0.1) is 0 Å². The van der Waals surface area contributed by atoms with Crippen LogP contribution < -0.4 is 4.90 Å². The summed E-state index contributed by atoms with van der Waals surface area (Å²) in [5, 5.41) is 8.57. The number of carboxylic acid groups (broad SMARTS) is 1. The predicted octanol–water partition coefficient (Wildman–Crippen LogP) is 1.90. The van der Waals surface area contributed by atoms with Crippen LogP contribution in [0.4, 0.5) is 5.82 Å². The summed E-state index contributed by atoms with van der Waals surface area (Å²) in [5.74, 6) is 0.446. The fourth-order valence-corrected chi connectivity index (χ4v) is 1.47. The van der Waals surface area contributed by atoms with Crippen LogP contribution >= 0.6 is 0 Å². The molecule has 94 valence electrons. The number of aliphatic carboxylic acids is 1. The highest BCUT2D eigenvalue weighted by atomic mass is 16.4. The fraction of sp³-hybridized carbons (Fsp3) is 0.583. The number of nitrogens with zero attached hydrogens (tertiary/aromatic N) is 3. The van der Waals surface area contributed by atoms with E-state index in [0.717, 1.165) is 11.5 Å². The summed E-state index contributed by atoms with van der Waals surface area (Å²) in [6.07, 6.45) is 2.36. The van der Waals surface area contributed by atoms with Crippen LogP contribution in [0.1, 0.15) is 38.3 Å². The second-order valence-corrected chi connectivity index (χ2v) is 4.37. The minimum atomic E-state index is -0.760. The molecule has 0 saturated carbocycles. The summed E-state index contributed by atoms with van der Waals surface area (Å²) in [7, 11) is 1.91. The third-order valence-corrected chi connectivity index (χ3v) is 2.54. The second kappa shape index (κ2) is 6.18. The minimum absolute atomic E-state index is 0.187. The molecule has 0 fully saturated rings. The van der Waals surface area contributed by atoms with Gasteiger partial charge in [-0.3, -0.25) is 4.79 Å². The number of hydrogen-bond acceptors (Lipinski definition) is 4. The topological polar surface area (TPSA) is 66.3 Å². The van der Waals surface area contributed by atoms with Crippen LogP contribution in [-0.4, -0.2) is 34.6 Å². The van der Waals surface area contributed by atoms with Gasteiger partial charge in [-0.1, -0.05) is 13.8 Å². The second-order valence-electron chi connectivity index (χ2n) is 4.37. The van der Waals surface area contributed by atoms with Gasteiger partial charge in [0.05, 0.1) is 0 Å².